The van der Waals surface area contributed by atoms with Gasteiger partial charge in [-0.15, -0.1) is 0 Å². The minimum absolute atomic E-state index is 0.119. The number of nitrogens with one attached hydrogen (secondary N) is 2. The SMILES string of the molecule is CC(=O)NC1Cc2ccccc2CNC1=O. The van der Waals surface area contributed by atoms with E-state index in [1.165, 1.54) is 6.92 Å². The fraction of sp³-hybridized carbons (Fsp3) is 0.333. The van der Waals surface area contributed by atoms with E-state index in [4.69, 9.17) is 0 Å². The molecule has 0 bridgehead atoms. The van der Waals surface area contributed by atoms with Gasteiger partial charge in [-0.25, -0.2) is 0 Å². The van der Waals surface area contributed by atoms with E-state index >= 15 is 0 Å². The highest BCUT2D eigenvalue weighted by atomic mass is 16.2. The van der Waals surface area contributed by atoms with Crippen molar-refractivity contribution >= 4 is 11.8 Å². The summed E-state index contributed by atoms with van der Waals surface area (Å²) in [7, 11) is 0. The van der Waals surface area contributed by atoms with E-state index in [0.717, 1.165) is 11.1 Å². The summed E-state index contributed by atoms with van der Waals surface area (Å²) < 4.78 is 0. The van der Waals surface area contributed by atoms with Crippen LogP contribution in [0.15, 0.2) is 24.3 Å². The molecule has 0 aliphatic carbocycles. The molecule has 1 aliphatic rings. The average Bonchev–Trinajstić information content (AvgIpc) is 2.39. The average molecular weight is 218 g/mol. The van der Waals surface area contributed by atoms with Crippen LogP contribution in [0, 0.1) is 0 Å². The molecule has 1 aromatic rings. The maximum atomic E-state index is 11.7. The van der Waals surface area contributed by atoms with Crippen LogP contribution in [0.2, 0.25) is 0 Å². The fourth-order valence-electron chi connectivity index (χ4n) is 1.91. The molecule has 4 heteroatoms. The molecule has 1 aromatic carbocycles. The Kier molecular flexibility index (Phi) is 2.90. The van der Waals surface area contributed by atoms with Gasteiger partial charge < -0.3 is 10.6 Å². The van der Waals surface area contributed by atoms with E-state index in [9.17, 15) is 9.59 Å². The smallest absolute Gasteiger partial charge is 0.243 e. The molecule has 2 amide bonds. The van der Waals surface area contributed by atoms with Crippen LogP contribution in [0.4, 0.5) is 0 Å². The highest BCUT2D eigenvalue weighted by Crippen LogP contribution is 2.14. The molecule has 0 saturated heterocycles. The summed E-state index contributed by atoms with van der Waals surface area (Å²) in [6, 6.07) is 7.42. The number of amides is 2. The molecule has 84 valence electrons. The number of carbonyl (C=O) groups is 2. The molecular formula is C12H14N2O2. The quantitative estimate of drug-likeness (QED) is 0.715. The highest BCUT2D eigenvalue weighted by Gasteiger charge is 2.23. The first-order valence-electron chi connectivity index (χ1n) is 5.28. The van der Waals surface area contributed by atoms with E-state index in [2.05, 4.69) is 10.6 Å². The Labute approximate surface area is 94.0 Å². The first-order valence-corrected chi connectivity index (χ1v) is 5.28. The number of rotatable bonds is 1. The van der Waals surface area contributed by atoms with Gasteiger partial charge in [0.15, 0.2) is 0 Å². The molecule has 0 radical (unpaired) electrons. The van der Waals surface area contributed by atoms with Gasteiger partial charge >= 0.3 is 0 Å². The molecule has 0 saturated carbocycles. The van der Waals surface area contributed by atoms with Gasteiger partial charge in [-0.2, -0.15) is 0 Å². The van der Waals surface area contributed by atoms with E-state index in [1.54, 1.807) is 0 Å². The molecule has 1 unspecified atom stereocenters. The lowest BCUT2D eigenvalue weighted by Gasteiger charge is -2.13. The van der Waals surface area contributed by atoms with Crippen molar-refractivity contribution in [1.82, 2.24) is 10.6 Å². The lowest BCUT2D eigenvalue weighted by Crippen LogP contribution is -2.45. The van der Waals surface area contributed by atoms with Crippen LogP contribution in [0.3, 0.4) is 0 Å². The second kappa shape index (κ2) is 4.35. The number of hydrogen-bond acceptors (Lipinski definition) is 2. The maximum Gasteiger partial charge on any atom is 0.243 e. The molecule has 0 aromatic heterocycles. The molecule has 2 N–H and O–H groups in total. The summed E-state index contributed by atoms with van der Waals surface area (Å²) in [6.45, 7) is 1.95. The second-order valence-electron chi connectivity index (χ2n) is 3.94. The van der Waals surface area contributed by atoms with Crippen LogP contribution in [-0.2, 0) is 22.6 Å². The lowest BCUT2D eigenvalue weighted by atomic mass is 10.0. The summed E-state index contributed by atoms with van der Waals surface area (Å²) in [5.41, 5.74) is 2.23. The Morgan fingerprint density at radius 1 is 1.38 bits per heavy atom. The lowest BCUT2D eigenvalue weighted by molar-refractivity contribution is -0.128. The zero-order valence-corrected chi connectivity index (χ0v) is 9.12. The van der Waals surface area contributed by atoms with Gasteiger partial charge in [-0.05, 0) is 11.1 Å². The fourth-order valence-corrected chi connectivity index (χ4v) is 1.91. The van der Waals surface area contributed by atoms with Crippen molar-refractivity contribution < 1.29 is 9.59 Å². The van der Waals surface area contributed by atoms with Gasteiger partial charge in [-0.3, -0.25) is 9.59 Å². The van der Waals surface area contributed by atoms with E-state index in [1.807, 2.05) is 24.3 Å². The third-order valence-electron chi connectivity index (χ3n) is 2.69. The van der Waals surface area contributed by atoms with Crippen LogP contribution in [0.5, 0.6) is 0 Å². The summed E-state index contributed by atoms with van der Waals surface area (Å²) in [6.07, 6.45) is 0.557. The molecule has 16 heavy (non-hydrogen) atoms. The molecule has 1 heterocycles. The third kappa shape index (κ3) is 2.21. The van der Waals surface area contributed by atoms with Crippen molar-refractivity contribution in [2.24, 2.45) is 0 Å². The largest absolute Gasteiger partial charge is 0.350 e. The molecule has 1 aliphatic heterocycles. The monoisotopic (exact) mass is 218 g/mol. The first-order chi connectivity index (χ1) is 7.66. The third-order valence-corrected chi connectivity index (χ3v) is 2.69. The van der Waals surface area contributed by atoms with Crippen LogP contribution in [-0.4, -0.2) is 17.9 Å². The maximum absolute atomic E-state index is 11.7. The van der Waals surface area contributed by atoms with Crippen molar-refractivity contribution in [3.05, 3.63) is 35.4 Å². The highest BCUT2D eigenvalue weighted by molar-refractivity contribution is 5.87. The van der Waals surface area contributed by atoms with Gasteiger partial charge in [0.05, 0.1) is 0 Å². The predicted octanol–water partition coefficient (Wildman–Crippen LogP) is 0.364. The normalized spacial score (nSPS) is 19.3. The minimum atomic E-state index is -0.457. The summed E-state index contributed by atoms with van der Waals surface area (Å²) in [5.74, 6) is -0.300. The zero-order valence-electron chi connectivity index (χ0n) is 9.12. The Balaban J connectivity index is 2.24. The van der Waals surface area contributed by atoms with Gasteiger partial charge in [0.2, 0.25) is 11.8 Å². The summed E-state index contributed by atoms with van der Waals surface area (Å²) in [5, 5.41) is 5.46. The summed E-state index contributed by atoms with van der Waals surface area (Å²) in [4.78, 5) is 22.7. The van der Waals surface area contributed by atoms with Gasteiger partial charge in [0.25, 0.3) is 0 Å². The number of benzene rings is 1. The summed E-state index contributed by atoms with van der Waals surface area (Å²) >= 11 is 0. The van der Waals surface area contributed by atoms with Gasteiger partial charge in [0.1, 0.15) is 6.04 Å². The molecule has 0 spiro atoms. The molecule has 4 nitrogen and oxygen atoms in total. The standard InChI is InChI=1S/C12H14N2O2/c1-8(15)14-11-6-9-4-2-3-5-10(9)7-13-12(11)16/h2-5,11H,6-7H2,1H3,(H,13,16)(H,14,15). The van der Waals surface area contributed by atoms with Crippen LogP contribution in [0.1, 0.15) is 18.1 Å². The Hall–Kier alpha value is -1.84. The predicted molar refractivity (Wildman–Crippen MR) is 59.6 cm³/mol. The zero-order chi connectivity index (χ0) is 11.5. The van der Waals surface area contributed by atoms with Crippen molar-refractivity contribution in [3.63, 3.8) is 0 Å². The first kappa shape index (κ1) is 10.7. The molecule has 2 rings (SSSR count). The Morgan fingerprint density at radius 3 is 2.75 bits per heavy atom. The van der Waals surface area contributed by atoms with Crippen LogP contribution in [0.25, 0.3) is 0 Å². The minimum Gasteiger partial charge on any atom is -0.350 e. The molecule has 0 fully saturated rings. The van der Waals surface area contributed by atoms with Gasteiger partial charge in [0, 0.05) is 19.9 Å². The van der Waals surface area contributed by atoms with Crippen LogP contribution < -0.4 is 10.6 Å². The number of fused-ring (bicyclic) bond motifs is 1. The van der Waals surface area contributed by atoms with E-state index in [0.29, 0.717) is 13.0 Å². The van der Waals surface area contributed by atoms with Crippen molar-refractivity contribution in [3.8, 4) is 0 Å². The number of hydrogen-bond donors (Lipinski definition) is 2. The second-order valence-corrected chi connectivity index (χ2v) is 3.94. The molecule has 1 atom stereocenters. The molecular weight excluding hydrogens is 204 g/mol. The van der Waals surface area contributed by atoms with Crippen LogP contribution >= 0.6 is 0 Å². The Morgan fingerprint density at radius 2 is 2.06 bits per heavy atom. The van der Waals surface area contributed by atoms with Crippen molar-refractivity contribution in [2.45, 2.75) is 25.9 Å². The van der Waals surface area contributed by atoms with Crippen molar-refractivity contribution in [1.29, 1.82) is 0 Å². The topological polar surface area (TPSA) is 58.2 Å². The van der Waals surface area contributed by atoms with E-state index in [-0.39, 0.29) is 11.8 Å². The Bertz CT molecular complexity index is 429. The van der Waals surface area contributed by atoms with E-state index < -0.39 is 6.04 Å². The van der Waals surface area contributed by atoms with Crippen molar-refractivity contribution in [2.75, 3.05) is 0 Å². The van der Waals surface area contributed by atoms with Gasteiger partial charge in [-0.1, -0.05) is 24.3 Å². The number of carbonyl (C=O) groups excluding carboxylic acids is 2.